The van der Waals surface area contributed by atoms with Crippen LogP contribution in [0.3, 0.4) is 0 Å². The second-order valence-corrected chi connectivity index (χ2v) is 10.9. The molecule has 0 saturated heterocycles. The number of halogens is 1. The summed E-state index contributed by atoms with van der Waals surface area (Å²) in [5.41, 5.74) is -2.47. The first-order valence-corrected chi connectivity index (χ1v) is 12.7. The Morgan fingerprint density at radius 1 is 0.950 bits per heavy atom. The van der Waals surface area contributed by atoms with Gasteiger partial charge in [-0.1, -0.05) is 12.1 Å². The fourth-order valence-electron chi connectivity index (χ4n) is 3.82. The quantitative estimate of drug-likeness (QED) is 0.326. The lowest BCUT2D eigenvalue weighted by molar-refractivity contribution is -0.139. The number of carbonyl (C=O) groups is 3. The van der Waals surface area contributed by atoms with Crippen LogP contribution in [0, 0.1) is 5.82 Å². The minimum atomic E-state index is -1.80. The van der Waals surface area contributed by atoms with E-state index in [1.165, 1.54) is 30.6 Å². The maximum atomic E-state index is 15.9. The molecule has 1 unspecified atom stereocenters. The zero-order valence-corrected chi connectivity index (χ0v) is 23.6. The number of nitrogens with zero attached hydrogens (tertiary/aromatic N) is 3. The molecule has 0 spiro atoms. The van der Waals surface area contributed by atoms with Gasteiger partial charge in [0.25, 0.3) is 0 Å². The highest BCUT2D eigenvalue weighted by Crippen LogP contribution is 2.36. The van der Waals surface area contributed by atoms with Gasteiger partial charge in [0.15, 0.2) is 6.04 Å². The number of imide groups is 1. The third kappa shape index (κ3) is 7.37. The molecule has 214 valence electrons. The van der Waals surface area contributed by atoms with E-state index in [0.717, 1.165) is 11.1 Å². The maximum Gasteiger partial charge on any atom is 0.439 e. The molecule has 40 heavy (non-hydrogen) atoms. The lowest BCUT2D eigenvalue weighted by atomic mass is 10.0. The van der Waals surface area contributed by atoms with Crippen molar-refractivity contribution in [3.8, 4) is 5.75 Å². The van der Waals surface area contributed by atoms with Crippen LogP contribution in [0.4, 0.5) is 19.7 Å². The molecule has 1 N–H and O–H groups in total. The number of aliphatic carboxylic acids is 1. The molecule has 0 aliphatic carbocycles. The molecule has 0 radical (unpaired) electrons. The van der Waals surface area contributed by atoms with Crippen LogP contribution in [0.1, 0.15) is 60.1 Å². The van der Waals surface area contributed by atoms with Crippen molar-refractivity contribution in [3.63, 3.8) is 0 Å². The van der Waals surface area contributed by atoms with Crippen LogP contribution < -0.4 is 9.75 Å². The number of carboxylic acids is 1. The number of amides is 2. The molecular formula is C29H34FN3O7. The smallest absolute Gasteiger partial charge is 0.439 e. The van der Waals surface area contributed by atoms with Crippen molar-refractivity contribution in [1.29, 1.82) is 0 Å². The molecular weight excluding hydrogens is 521 g/mol. The monoisotopic (exact) mass is 555 g/mol. The van der Waals surface area contributed by atoms with Gasteiger partial charge in [0.05, 0.1) is 12.3 Å². The van der Waals surface area contributed by atoms with E-state index < -0.39 is 41.2 Å². The molecule has 0 aliphatic heterocycles. The summed E-state index contributed by atoms with van der Waals surface area (Å²) in [5.74, 6) is -2.05. The van der Waals surface area contributed by atoms with Crippen LogP contribution in [0.15, 0.2) is 54.9 Å². The number of carboxylic acid groups (broad SMARTS) is 1. The fraction of sp³-hybridized carbons (Fsp3) is 0.379. The summed E-state index contributed by atoms with van der Waals surface area (Å²) in [5, 5.41) is 12.5. The first-order valence-electron chi connectivity index (χ1n) is 12.7. The molecule has 11 heteroatoms. The molecule has 1 heterocycles. The predicted molar refractivity (Wildman–Crippen MR) is 146 cm³/mol. The number of pyridine rings is 1. The molecule has 2 aromatic carbocycles. The number of carbonyl (C=O) groups excluding carboxylic acids is 2. The molecule has 0 bridgehead atoms. The first-order chi connectivity index (χ1) is 18.6. The summed E-state index contributed by atoms with van der Waals surface area (Å²) in [6, 6.07) is 8.36. The summed E-state index contributed by atoms with van der Waals surface area (Å²) in [4.78, 5) is 44.2. The average molecular weight is 556 g/mol. The highest BCUT2D eigenvalue weighted by Gasteiger charge is 2.43. The van der Waals surface area contributed by atoms with E-state index in [-0.39, 0.29) is 11.3 Å². The summed E-state index contributed by atoms with van der Waals surface area (Å²) in [6.45, 7) is 11.5. The van der Waals surface area contributed by atoms with Crippen LogP contribution >= 0.6 is 0 Å². The van der Waals surface area contributed by atoms with Gasteiger partial charge in [-0.05, 0) is 89.7 Å². The van der Waals surface area contributed by atoms with E-state index in [1.807, 2.05) is 0 Å². The standard InChI is InChI=1S/C29H34FN3O7/c1-8-38-21-11-9-10-19(14-21)24(25(34)35)32(23-16-18-12-13-31-17-20(18)15-22(23)30)33(26(36)39-28(2,3)4)27(37)40-29(5,6)7/h9-17,24H,8H2,1-7H3,(H,34,35). The normalized spacial score (nSPS) is 12.4. The maximum absolute atomic E-state index is 15.9. The van der Waals surface area contributed by atoms with Crippen molar-refractivity contribution in [2.45, 2.75) is 65.7 Å². The number of aromatic nitrogens is 1. The van der Waals surface area contributed by atoms with Crippen molar-refractivity contribution < 1.29 is 38.1 Å². The molecule has 3 aromatic rings. The van der Waals surface area contributed by atoms with E-state index >= 15 is 4.39 Å². The van der Waals surface area contributed by atoms with Crippen molar-refractivity contribution >= 4 is 34.6 Å². The lowest BCUT2D eigenvalue weighted by Crippen LogP contribution is -2.56. The van der Waals surface area contributed by atoms with Crippen LogP contribution in [0.5, 0.6) is 5.75 Å². The number of rotatable bonds is 7. The molecule has 0 fully saturated rings. The predicted octanol–water partition coefficient (Wildman–Crippen LogP) is 6.49. The molecule has 1 atom stereocenters. The average Bonchev–Trinajstić information content (AvgIpc) is 2.81. The number of hydrazine groups is 1. The molecule has 2 amide bonds. The summed E-state index contributed by atoms with van der Waals surface area (Å²) in [6.07, 6.45) is 0.395. The van der Waals surface area contributed by atoms with Crippen LogP contribution in [-0.2, 0) is 14.3 Å². The minimum Gasteiger partial charge on any atom is -0.494 e. The third-order valence-electron chi connectivity index (χ3n) is 5.26. The fourth-order valence-corrected chi connectivity index (χ4v) is 3.82. The zero-order chi connectivity index (χ0) is 29.8. The SMILES string of the molecule is CCOc1cccc(C(C(=O)O)N(c2cc3ccncc3cc2F)N(C(=O)OC(C)(C)C)C(=O)OC(C)(C)C)c1. The van der Waals surface area contributed by atoms with Gasteiger partial charge in [0.2, 0.25) is 0 Å². The van der Waals surface area contributed by atoms with Gasteiger partial charge in [0.1, 0.15) is 22.8 Å². The number of fused-ring (bicyclic) bond motifs is 1. The summed E-state index contributed by atoms with van der Waals surface area (Å²) in [7, 11) is 0. The van der Waals surface area contributed by atoms with E-state index in [4.69, 9.17) is 14.2 Å². The molecule has 0 aliphatic rings. The van der Waals surface area contributed by atoms with Gasteiger partial charge < -0.3 is 19.3 Å². The van der Waals surface area contributed by atoms with Gasteiger partial charge in [-0.3, -0.25) is 4.98 Å². The minimum absolute atomic E-state index is 0.102. The van der Waals surface area contributed by atoms with Crippen molar-refractivity contribution in [2.24, 2.45) is 0 Å². The Hall–Kier alpha value is -4.41. The van der Waals surface area contributed by atoms with Crippen LogP contribution in [-0.4, -0.2) is 51.1 Å². The van der Waals surface area contributed by atoms with Crippen molar-refractivity contribution in [1.82, 2.24) is 9.99 Å². The summed E-state index contributed by atoms with van der Waals surface area (Å²) >= 11 is 0. The molecule has 3 rings (SSSR count). The second kappa shape index (κ2) is 11.8. The lowest BCUT2D eigenvalue weighted by Gasteiger charge is -2.39. The Bertz CT molecular complexity index is 1370. The Kier molecular flexibility index (Phi) is 8.87. The number of hydrogen-bond donors (Lipinski definition) is 1. The topological polar surface area (TPSA) is 119 Å². The Morgan fingerprint density at radius 3 is 2.12 bits per heavy atom. The van der Waals surface area contributed by atoms with Crippen molar-refractivity contribution in [2.75, 3.05) is 11.6 Å². The van der Waals surface area contributed by atoms with Gasteiger partial charge >= 0.3 is 18.2 Å². The highest BCUT2D eigenvalue weighted by atomic mass is 19.1. The second-order valence-electron chi connectivity index (χ2n) is 10.9. The van der Waals surface area contributed by atoms with Crippen LogP contribution in [0.25, 0.3) is 10.8 Å². The van der Waals surface area contributed by atoms with E-state index in [1.54, 1.807) is 66.7 Å². The zero-order valence-electron chi connectivity index (χ0n) is 23.6. The molecule has 1 aromatic heterocycles. The number of benzene rings is 2. The summed E-state index contributed by atoms with van der Waals surface area (Å²) < 4.78 is 32.4. The van der Waals surface area contributed by atoms with E-state index in [9.17, 15) is 19.5 Å². The molecule has 10 nitrogen and oxygen atoms in total. The first kappa shape index (κ1) is 30.1. The van der Waals surface area contributed by atoms with E-state index in [0.29, 0.717) is 28.1 Å². The Balaban J connectivity index is 2.37. The van der Waals surface area contributed by atoms with E-state index in [2.05, 4.69) is 4.98 Å². The van der Waals surface area contributed by atoms with Crippen molar-refractivity contribution in [3.05, 3.63) is 66.2 Å². The molecule has 0 saturated carbocycles. The Morgan fingerprint density at radius 2 is 1.57 bits per heavy atom. The third-order valence-corrected chi connectivity index (χ3v) is 5.26. The van der Waals surface area contributed by atoms with Crippen LogP contribution in [0.2, 0.25) is 0 Å². The largest absolute Gasteiger partial charge is 0.494 e. The van der Waals surface area contributed by atoms with Gasteiger partial charge in [0, 0.05) is 17.8 Å². The number of ether oxygens (including phenoxy) is 3. The van der Waals surface area contributed by atoms with Gasteiger partial charge in [-0.2, -0.15) is 0 Å². The van der Waals surface area contributed by atoms with Gasteiger partial charge in [-0.15, -0.1) is 5.01 Å². The number of anilines is 1. The highest BCUT2D eigenvalue weighted by molar-refractivity contribution is 5.94. The number of hydrogen-bond acceptors (Lipinski definition) is 8. The Labute approximate surface area is 232 Å². The van der Waals surface area contributed by atoms with Gasteiger partial charge in [-0.25, -0.2) is 23.8 Å².